The van der Waals surface area contributed by atoms with E-state index >= 15 is 0 Å². The average molecular weight is 435 g/mol. The highest BCUT2D eigenvalue weighted by molar-refractivity contribution is 5.77. The number of halogens is 1. The molecule has 1 unspecified atom stereocenters. The molecular weight excluding hydrogens is 407 g/mol. The molecule has 32 heavy (non-hydrogen) atoms. The Morgan fingerprint density at radius 3 is 2.75 bits per heavy atom. The summed E-state index contributed by atoms with van der Waals surface area (Å²) in [4.78, 5) is 32.6. The lowest BCUT2D eigenvalue weighted by Gasteiger charge is -2.24. The van der Waals surface area contributed by atoms with Gasteiger partial charge in [-0.2, -0.15) is 0 Å². The Labute approximate surface area is 187 Å². The summed E-state index contributed by atoms with van der Waals surface area (Å²) in [5.74, 6) is 0.352. The van der Waals surface area contributed by atoms with Gasteiger partial charge in [0, 0.05) is 43.5 Å². The summed E-state index contributed by atoms with van der Waals surface area (Å²) in [6.07, 6.45) is 6.07. The molecule has 1 atom stereocenters. The zero-order chi connectivity index (χ0) is 22.5. The Kier molecular flexibility index (Phi) is 6.68. The van der Waals surface area contributed by atoms with Gasteiger partial charge >= 0.3 is 0 Å². The van der Waals surface area contributed by atoms with Crippen molar-refractivity contribution in [3.8, 4) is 0 Å². The highest BCUT2D eigenvalue weighted by atomic mass is 19.1. The van der Waals surface area contributed by atoms with Gasteiger partial charge in [0.15, 0.2) is 0 Å². The van der Waals surface area contributed by atoms with Crippen LogP contribution in [0.5, 0.6) is 0 Å². The number of nitrogens with one attached hydrogen (secondary N) is 1. The molecule has 2 aromatic heterocycles. The number of hydrogen-bond acceptors (Lipinski definition) is 6. The standard InChI is InChI=1S/C24H27FN6O/c1-16-11-17(2)29-24(28-16)27-9-8-23(32)31-10-4-7-22(31)21-15-26-14-20(30-21)13-18-5-3-6-19(25)12-18/h3,5-6,11-12,14-15,22H,4,7-10,13H2,1-2H3,(H,27,28,29). The van der Waals surface area contributed by atoms with E-state index in [0.717, 1.165) is 41.2 Å². The van der Waals surface area contributed by atoms with Crippen molar-refractivity contribution >= 4 is 11.9 Å². The molecule has 1 saturated heterocycles. The zero-order valence-corrected chi connectivity index (χ0v) is 18.4. The number of aromatic nitrogens is 4. The number of hydrogen-bond donors (Lipinski definition) is 1. The van der Waals surface area contributed by atoms with E-state index in [4.69, 9.17) is 4.98 Å². The summed E-state index contributed by atoms with van der Waals surface area (Å²) in [6.45, 7) is 5.02. The SMILES string of the molecule is Cc1cc(C)nc(NCCC(=O)N2CCCC2c2cncc(Cc3cccc(F)c3)n2)n1. The number of amides is 1. The first kappa shape index (κ1) is 21.8. The van der Waals surface area contributed by atoms with Crippen molar-refractivity contribution in [1.29, 1.82) is 0 Å². The molecule has 0 spiro atoms. The second-order valence-corrected chi connectivity index (χ2v) is 8.14. The van der Waals surface area contributed by atoms with E-state index in [0.29, 0.717) is 31.9 Å². The van der Waals surface area contributed by atoms with Crippen molar-refractivity contribution in [2.75, 3.05) is 18.4 Å². The van der Waals surface area contributed by atoms with Crippen LogP contribution in [0.1, 0.15) is 53.6 Å². The van der Waals surface area contributed by atoms with Crippen molar-refractivity contribution in [3.63, 3.8) is 0 Å². The summed E-state index contributed by atoms with van der Waals surface area (Å²) < 4.78 is 13.5. The van der Waals surface area contributed by atoms with Gasteiger partial charge in [0.1, 0.15) is 5.82 Å². The third-order valence-electron chi connectivity index (χ3n) is 5.50. The molecule has 1 N–H and O–H groups in total. The first-order valence-electron chi connectivity index (χ1n) is 10.9. The number of likely N-dealkylation sites (tertiary alicyclic amines) is 1. The van der Waals surface area contributed by atoms with E-state index in [1.807, 2.05) is 30.9 Å². The summed E-state index contributed by atoms with van der Waals surface area (Å²) in [5.41, 5.74) is 4.18. The van der Waals surface area contributed by atoms with Gasteiger partial charge in [-0.25, -0.2) is 14.4 Å². The van der Waals surface area contributed by atoms with Crippen molar-refractivity contribution in [3.05, 3.63) is 76.9 Å². The van der Waals surface area contributed by atoms with Crippen LogP contribution in [0.4, 0.5) is 10.3 Å². The third-order valence-corrected chi connectivity index (χ3v) is 5.50. The second kappa shape index (κ2) is 9.80. The van der Waals surface area contributed by atoms with Crippen LogP contribution in [-0.4, -0.2) is 43.8 Å². The molecule has 166 valence electrons. The highest BCUT2D eigenvalue weighted by Crippen LogP contribution is 2.31. The van der Waals surface area contributed by atoms with Crippen LogP contribution in [-0.2, 0) is 11.2 Å². The van der Waals surface area contributed by atoms with E-state index in [2.05, 4.69) is 20.3 Å². The maximum atomic E-state index is 13.5. The molecule has 1 aromatic carbocycles. The van der Waals surface area contributed by atoms with E-state index in [1.165, 1.54) is 12.1 Å². The molecular formula is C24H27FN6O. The maximum Gasteiger partial charge on any atom is 0.224 e. The van der Waals surface area contributed by atoms with Gasteiger partial charge in [0.05, 0.1) is 23.6 Å². The summed E-state index contributed by atoms with van der Waals surface area (Å²) in [5, 5.41) is 3.15. The van der Waals surface area contributed by atoms with Gasteiger partial charge in [-0.15, -0.1) is 0 Å². The smallest absolute Gasteiger partial charge is 0.224 e. The van der Waals surface area contributed by atoms with Crippen LogP contribution in [0.3, 0.4) is 0 Å². The minimum absolute atomic E-state index is 0.0710. The fraction of sp³-hybridized carbons (Fsp3) is 0.375. The van der Waals surface area contributed by atoms with Gasteiger partial charge in [-0.05, 0) is 50.5 Å². The predicted octanol–water partition coefficient (Wildman–Crippen LogP) is 3.78. The molecule has 1 aliphatic heterocycles. The van der Waals surface area contributed by atoms with Crippen LogP contribution < -0.4 is 5.32 Å². The molecule has 1 aliphatic rings. The zero-order valence-electron chi connectivity index (χ0n) is 18.4. The molecule has 7 nitrogen and oxygen atoms in total. The van der Waals surface area contributed by atoms with Crippen molar-refractivity contribution in [2.24, 2.45) is 0 Å². The fourth-order valence-electron chi connectivity index (χ4n) is 4.13. The van der Waals surface area contributed by atoms with Gasteiger partial charge < -0.3 is 10.2 Å². The molecule has 3 aromatic rings. The Hall–Kier alpha value is -3.42. The summed E-state index contributed by atoms with van der Waals surface area (Å²) in [6, 6.07) is 8.32. The van der Waals surface area contributed by atoms with Crippen LogP contribution >= 0.6 is 0 Å². The number of carbonyl (C=O) groups excluding carboxylic acids is 1. The van der Waals surface area contributed by atoms with Crippen LogP contribution in [0.2, 0.25) is 0 Å². The topological polar surface area (TPSA) is 83.9 Å². The number of rotatable bonds is 7. The Bertz CT molecular complexity index is 1090. The fourth-order valence-corrected chi connectivity index (χ4v) is 4.13. The minimum atomic E-state index is -0.265. The van der Waals surface area contributed by atoms with E-state index in [-0.39, 0.29) is 17.8 Å². The molecule has 1 amide bonds. The monoisotopic (exact) mass is 434 g/mol. The lowest BCUT2D eigenvalue weighted by Crippen LogP contribution is -2.32. The lowest BCUT2D eigenvalue weighted by molar-refractivity contribution is -0.131. The number of benzene rings is 1. The van der Waals surface area contributed by atoms with Crippen LogP contribution in [0.25, 0.3) is 0 Å². The second-order valence-electron chi connectivity index (χ2n) is 8.14. The van der Waals surface area contributed by atoms with Gasteiger partial charge in [-0.1, -0.05) is 12.1 Å². The quantitative estimate of drug-likeness (QED) is 0.609. The lowest BCUT2D eigenvalue weighted by atomic mass is 10.1. The molecule has 1 fully saturated rings. The summed E-state index contributed by atoms with van der Waals surface area (Å²) >= 11 is 0. The number of carbonyl (C=O) groups is 1. The van der Waals surface area contributed by atoms with Crippen molar-refractivity contribution in [1.82, 2.24) is 24.8 Å². The Balaban J connectivity index is 1.39. The van der Waals surface area contributed by atoms with E-state index < -0.39 is 0 Å². The molecule has 8 heteroatoms. The Morgan fingerprint density at radius 2 is 1.97 bits per heavy atom. The van der Waals surface area contributed by atoms with Gasteiger partial charge in [-0.3, -0.25) is 14.8 Å². The number of anilines is 1. The first-order valence-corrected chi connectivity index (χ1v) is 10.9. The first-order chi connectivity index (χ1) is 15.5. The molecule has 4 rings (SSSR count). The predicted molar refractivity (Wildman–Crippen MR) is 120 cm³/mol. The van der Waals surface area contributed by atoms with Gasteiger partial charge in [0.2, 0.25) is 11.9 Å². The van der Waals surface area contributed by atoms with Crippen LogP contribution in [0.15, 0.2) is 42.7 Å². The van der Waals surface area contributed by atoms with Crippen molar-refractivity contribution in [2.45, 2.75) is 45.6 Å². The largest absolute Gasteiger partial charge is 0.354 e. The molecule has 0 saturated carbocycles. The maximum absolute atomic E-state index is 13.5. The number of nitrogens with zero attached hydrogens (tertiary/aromatic N) is 5. The van der Waals surface area contributed by atoms with E-state index in [1.54, 1.807) is 18.5 Å². The summed E-state index contributed by atoms with van der Waals surface area (Å²) in [7, 11) is 0. The molecule has 0 bridgehead atoms. The molecule has 0 radical (unpaired) electrons. The van der Waals surface area contributed by atoms with E-state index in [9.17, 15) is 9.18 Å². The van der Waals surface area contributed by atoms with Crippen molar-refractivity contribution < 1.29 is 9.18 Å². The molecule has 3 heterocycles. The average Bonchev–Trinajstić information content (AvgIpc) is 3.23. The van der Waals surface area contributed by atoms with Crippen LogP contribution in [0, 0.1) is 19.7 Å². The third kappa shape index (κ3) is 5.43. The normalized spacial score (nSPS) is 15.7. The highest BCUT2D eigenvalue weighted by Gasteiger charge is 2.31. The number of aryl methyl sites for hydroxylation is 2. The van der Waals surface area contributed by atoms with Gasteiger partial charge in [0.25, 0.3) is 0 Å². The Morgan fingerprint density at radius 1 is 1.16 bits per heavy atom. The molecule has 0 aliphatic carbocycles. The minimum Gasteiger partial charge on any atom is -0.354 e.